The third-order valence-electron chi connectivity index (χ3n) is 2.64. The molecular formula is C9H14N4O4S. The number of nitrogens with two attached hydrogens (primary N) is 1. The number of nitrogens with zero attached hydrogens (tertiary/aromatic N) is 2. The first kappa shape index (κ1) is 13.0. The van der Waals surface area contributed by atoms with Gasteiger partial charge in [0.25, 0.3) is 0 Å². The van der Waals surface area contributed by atoms with Crippen LogP contribution in [0, 0.1) is 5.92 Å². The molecule has 2 rings (SSSR count). The van der Waals surface area contributed by atoms with E-state index in [4.69, 9.17) is 9.88 Å². The SMILES string of the molecule is Cn1cc(S(N)(=O)=O)c(NC(=O)C2CCOC2)n1. The number of amides is 1. The highest BCUT2D eigenvalue weighted by atomic mass is 32.2. The summed E-state index contributed by atoms with van der Waals surface area (Å²) in [6.45, 7) is 0.867. The van der Waals surface area contributed by atoms with Crippen LogP contribution in [0.5, 0.6) is 0 Å². The fraction of sp³-hybridized carbons (Fsp3) is 0.556. The van der Waals surface area contributed by atoms with Crippen LogP contribution in [0.3, 0.4) is 0 Å². The van der Waals surface area contributed by atoms with E-state index in [0.717, 1.165) is 0 Å². The largest absolute Gasteiger partial charge is 0.381 e. The van der Waals surface area contributed by atoms with Crippen molar-refractivity contribution < 1.29 is 17.9 Å². The lowest BCUT2D eigenvalue weighted by molar-refractivity contribution is -0.119. The average molecular weight is 274 g/mol. The molecule has 9 heteroatoms. The van der Waals surface area contributed by atoms with Crippen molar-refractivity contribution in [2.75, 3.05) is 18.5 Å². The van der Waals surface area contributed by atoms with Crippen molar-refractivity contribution in [3.05, 3.63) is 6.20 Å². The average Bonchev–Trinajstić information content (AvgIpc) is 2.85. The summed E-state index contributed by atoms with van der Waals surface area (Å²) in [5.41, 5.74) is 0. The Morgan fingerprint density at radius 1 is 1.67 bits per heavy atom. The van der Waals surface area contributed by atoms with Gasteiger partial charge in [-0.2, -0.15) is 5.10 Å². The number of carbonyl (C=O) groups is 1. The zero-order chi connectivity index (χ0) is 13.3. The number of rotatable bonds is 3. The van der Waals surface area contributed by atoms with E-state index >= 15 is 0 Å². The van der Waals surface area contributed by atoms with Crippen LogP contribution in [0.4, 0.5) is 5.82 Å². The van der Waals surface area contributed by atoms with Crippen LogP contribution < -0.4 is 10.5 Å². The fourth-order valence-electron chi connectivity index (χ4n) is 1.72. The molecule has 1 atom stereocenters. The molecule has 100 valence electrons. The maximum absolute atomic E-state index is 11.8. The Labute approximate surface area is 104 Å². The zero-order valence-corrected chi connectivity index (χ0v) is 10.6. The van der Waals surface area contributed by atoms with Gasteiger partial charge in [-0.15, -0.1) is 0 Å². The zero-order valence-electron chi connectivity index (χ0n) is 9.79. The minimum absolute atomic E-state index is 0.0445. The summed E-state index contributed by atoms with van der Waals surface area (Å²) in [4.78, 5) is 11.6. The number of primary sulfonamides is 1. The van der Waals surface area contributed by atoms with Crippen LogP contribution in [-0.4, -0.2) is 37.3 Å². The highest BCUT2D eigenvalue weighted by Gasteiger charge is 2.26. The lowest BCUT2D eigenvalue weighted by atomic mass is 10.1. The number of sulfonamides is 1. The molecule has 1 fully saturated rings. The second-order valence-corrected chi connectivity index (χ2v) is 5.64. The monoisotopic (exact) mass is 274 g/mol. The first-order chi connectivity index (χ1) is 8.38. The maximum Gasteiger partial charge on any atom is 0.243 e. The summed E-state index contributed by atoms with van der Waals surface area (Å²) >= 11 is 0. The van der Waals surface area contributed by atoms with Gasteiger partial charge in [0.15, 0.2) is 5.82 Å². The van der Waals surface area contributed by atoms with Crippen molar-refractivity contribution in [1.29, 1.82) is 0 Å². The molecule has 0 bridgehead atoms. The Bertz CT molecular complexity index is 559. The summed E-state index contributed by atoms with van der Waals surface area (Å²) in [6.07, 6.45) is 1.86. The maximum atomic E-state index is 11.8. The van der Waals surface area contributed by atoms with Gasteiger partial charge in [-0.25, -0.2) is 13.6 Å². The van der Waals surface area contributed by atoms with Crippen molar-refractivity contribution >= 4 is 21.7 Å². The van der Waals surface area contributed by atoms with Crippen LogP contribution in [0.25, 0.3) is 0 Å². The van der Waals surface area contributed by atoms with Crippen LogP contribution in [-0.2, 0) is 26.6 Å². The summed E-state index contributed by atoms with van der Waals surface area (Å²) < 4.78 is 29.0. The van der Waals surface area contributed by atoms with E-state index in [1.54, 1.807) is 7.05 Å². The van der Waals surface area contributed by atoms with Gasteiger partial charge in [-0.3, -0.25) is 9.48 Å². The molecule has 1 unspecified atom stereocenters. The Hall–Kier alpha value is -1.45. The van der Waals surface area contributed by atoms with Gasteiger partial charge in [0.2, 0.25) is 15.9 Å². The van der Waals surface area contributed by atoms with E-state index in [-0.39, 0.29) is 22.5 Å². The van der Waals surface area contributed by atoms with Gasteiger partial charge in [0, 0.05) is 19.9 Å². The molecular weight excluding hydrogens is 260 g/mol. The van der Waals surface area contributed by atoms with E-state index in [1.165, 1.54) is 10.9 Å². The van der Waals surface area contributed by atoms with Gasteiger partial charge < -0.3 is 10.1 Å². The molecule has 8 nitrogen and oxygen atoms in total. The Morgan fingerprint density at radius 2 is 2.39 bits per heavy atom. The molecule has 0 spiro atoms. The van der Waals surface area contributed by atoms with E-state index in [2.05, 4.69) is 10.4 Å². The first-order valence-corrected chi connectivity index (χ1v) is 6.87. The van der Waals surface area contributed by atoms with Crippen molar-refractivity contribution in [1.82, 2.24) is 9.78 Å². The predicted octanol–water partition coefficient (Wildman–Crippen LogP) is -0.957. The molecule has 18 heavy (non-hydrogen) atoms. The van der Waals surface area contributed by atoms with Gasteiger partial charge in [0.1, 0.15) is 4.90 Å². The lowest BCUT2D eigenvalue weighted by Gasteiger charge is -2.07. The number of hydrogen-bond acceptors (Lipinski definition) is 5. The number of hydrogen-bond donors (Lipinski definition) is 2. The predicted molar refractivity (Wildman–Crippen MR) is 62.1 cm³/mol. The molecule has 1 amide bonds. The molecule has 2 heterocycles. The molecule has 0 aliphatic carbocycles. The molecule has 1 aromatic rings. The van der Waals surface area contributed by atoms with Crippen LogP contribution in [0.2, 0.25) is 0 Å². The third-order valence-corrected chi connectivity index (χ3v) is 3.56. The molecule has 0 saturated carbocycles. The van der Waals surface area contributed by atoms with Gasteiger partial charge in [-0.05, 0) is 6.42 Å². The van der Waals surface area contributed by atoms with Crippen molar-refractivity contribution in [2.45, 2.75) is 11.3 Å². The summed E-state index contributed by atoms with van der Waals surface area (Å²) in [7, 11) is -2.37. The quantitative estimate of drug-likeness (QED) is 0.736. The van der Waals surface area contributed by atoms with Crippen LogP contribution >= 0.6 is 0 Å². The van der Waals surface area contributed by atoms with Crippen molar-refractivity contribution in [3.8, 4) is 0 Å². The van der Waals surface area contributed by atoms with E-state index in [9.17, 15) is 13.2 Å². The molecule has 0 radical (unpaired) electrons. The van der Waals surface area contributed by atoms with E-state index in [0.29, 0.717) is 19.6 Å². The Kier molecular flexibility index (Phi) is 3.37. The van der Waals surface area contributed by atoms with Gasteiger partial charge >= 0.3 is 0 Å². The fourth-order valence-corrected chi connectivity index (χ4v) is 2.38. The van der Waals surface area contributed by atoms with Crippen LogP contribution in [0.15, 0.2) is 11.1 Å². The van der Waals surface area contributed by atoms with Crippen molar-refractivity contribution in [3.63, 3.8) is 0 Å². The second-order valence-electron chi connectivity index (χ2n) is 4.11. The molecule has 1 aromatic heterocycles. The lowest BCUT2D eigenvalue weighted by Crippen LogP contribution is -2.24. The summed E-state index contributed by atoms with van der Waals surface area (Å²) in [5, 5.41) is 11.4. The molecule has 0 aromatic carbocycles. The molecule has 1 aliphatic heterocycles. The number of anilines is 1. The third kappa shape index (κ3) is 2.68. The minimum Gasteiger partial charge on any atom is -0.381 e. The highest BCUT2D eigenvalue weighted by Crippen LogP contribution is 2.20. The Morgan fingerprint density at radius 3 is 2.94 bits per heavy atom. The Balaban J connectivity index is 2.21. The number of aryl methyl sites for hydroxylation is 1. The number of ether oxygens (including phenoxy) is 1. The topological polar surface area (TPSA) is 116 Å². The number of aromatic nitrogens is 2. The molecule has 1 saturated heterocycles. The molecule has 3 N–H and O–H groups in total. The van der Waals surface area contributed by atoms with Crippen LogP contribution in [0.1, 0.15) is 6.42 Å². The normalized spacial score (nSPS) is 20.0. The van der Waals surface area contributed by atoms with E-state index in [1.807, 2.05) is 0 Å². The summed E-state index contributed by atoms with van der Waals surface area (Å²) in [6, 6.07) is 0. The van der Waals surface area contributed by atoms with Crippen molar-refractivity contribution in [2.24, 2.45) is 18.1 Å². The number of carbonyl (C=O) groups excluding carboxylic acids is 1. The smallest absolute Gasteiger partial charge is 0.243 e. The van der Waals surface area contributed by atoms with E-state index < -0.39 is 10.0 Å². The first-order valence-electron chi connectivity index (χ1n) is 5.33. The second kappa shape index (κ2) is 4.67. The standard InChI is InChI=1S/C9H14N4O4S/c1-13-4-7(18(10,15)16)8(12-13)11-9(14)6-2-3-17-5-6/h4,6H,2-3,5H2,1H3,(H2,10,15,16)(H,11,12,14). The van der Waals surface area contributed by atoms with Gasteiger partial charge in [0.05, 0.1) is 12.5 Å². The molecule has 1 aliphatic rings. The van der Waals surface area contributed by atoms with Gasteiger partial charge in [-0.1, -0.05) is 0 Å². The summed E-state index contributed by atoms with van der Waals surface area (Å²) in [5.74, 6) is -0.631. The highest BCUT2D eigenvalue weighted by molar-refractivity contribution is 7.89. The number of nitrogens with one attached hydrogen (secondary N) is 1. The minimum atomic E-state index is -3.91.